The minimum Gasteiger partial charge on any atom is -0.347 e. The molecule has 1 aliphatic heterocycles. The Kier molecular flexibility index (Phi) is 3.49. The zero-order valence-electron chi connectivity index (χ0n) is 13.3. The maximum absolute atomic E-state index is 12.7. The molecule has 0 unspecified atom stereocenters. The van der Waals surface area contributed by atoms with Crippen LogP contribution in [0.1, 0.15) is 25.3 Å². The van der Waals surface area contributed by atoms with Gasteiger partial charge in [0.05, 0.1) is 0 Å². The highest BCUT2D eigenvalue weighted by Gasteiger charge is 2.42. The molecule has 4 rings (SSSR count). The second-order valence-electron chi connectivity index (χ2n) is 6.11. The van der Waals surface area contributed by atoms with Crippen molar-refractivity contribution in [3.8, 4) is 0 Å². The van der Waals surface area contributed by atoms with Gasteiger partial charge in [0.1, 0.15) is 5.57 Å². The number of nitrogens with one attached hydrogen (secondary N) is 1. The van der Waals surface area contributed by atoms with Crippen molar-refractivity contribution in [1.82, 2.24) is 14.8 Å². The van der Waals surface area contributed by atoms with E-state index in [2.05, 4.69) is 16.8 Å². The van der Waals surface area contributed by atoms with E-state index in [1.165, 1.54) is 0 Å². The predicted octanol–water partition coefficient (Wildman–Crippen LogP) is 2.45. The molecule has 2 heterocycles. The highest BCUT2D eigenvalue weighted by atomic mass is 32.1. The average molecular weight is 339 g/mol. The third-order valence-corrected chi connectivity index (χ3v) is 4.80. The van der Waals surface area contributed by atoms with E-state index in [1.807, 2.05) is 30.5 Å². The van der Waals surface area contributed by atoms with Crippen molar-refractivity contribution in [3.05, 3.63) is 41.6 Å². The number of rotatable bonds is 3. The summed E-state index contributed by atoms with van der Waals surface area (Å²) in [7, 11) is 0. The third kappa shape index (κ3) is 2.34. The van der Waals surface area contributed by atoms with E-state index in [9.17, 15) is 9.59 Å². The lowest BCUT2D eigenvalue weighted by Gasteiger charge is -2.28. The largest absolute Gasteiger partial charge is 0.347 e. The molecule has 122 valence electrons. The van der Waals surface area contributed by atoms with Gasteiger partial charge >= 0.3 is 0 Å². The van der Waals surface area contributed by atoms with Gasteiger partial charge in [0.15, 0.2) is 5.11 Å². The number of aryl methyl sites for hydroxylation is 1. The summed E-state index contributed by atoms with van der Waals surface area (Å²) in [5.74, 6) is -0.713. The fourth-order valence-corrected chi connectivity index (χ4v) is 3.47. The lowest BCUT2D eigenvalue weighted by atomic mass is 10.1. The molecule has 0 atom stereocenters. The number of thiocarbonyl (C=S) groups is 1. The monoisotopic (exact) mass is 339 g/mol. The number of para-hydroxylation sites is 1. The molecular formula is C18H17N3O2S. The zero-order valence-corrected chi connectivity index (χ0v) is 14.1. The Bertz CT molecular complexity index is 908. The fraction of sp³-hybridized carbons (Fsp3) is 0.278. The average Bonchev–Trinajstić information content (AvgIpc) is 3.33. The summed E-state index contributed by atoms with van der Waals surface area (Å²) in [5, 5.41) is 3.89. The van der Waals surface area contributed by atoms with Gasteiger partial charge in [-0.05, 0) is 44.1 Å². The number of carbonyl (C=O) groups excluding carboxylic acids is 2. The molecular weight excluding hydrogens is 322 g/mol. The van der Waals surface area contributed by atoms with E-state index in [-0.39, 0.29) is 22.6 Å². The van der Waals surface area contributed by atoms with Crippen LogP contribution in [0.25, 0.3) is 17.0 Å². The molecule has 24 heavy (non-hydrogen) atoms. The lowest BCUT2D eigenvalue weighted by molar-refractivity contribution is -0.129. The SMILES string of the molecule is CCn1cc(/C=C2/C(=O)NC(=S)N(C3CC3)C2=O)c2ccccc21. The quantitative estimate of drug-likeness (QED) is 0.531. The van der Waals surface area contributed by atoms with Crippen LogP contribution in [0, 0.1) is 0 Å². The summed E-state index contributed by atoms with van der Waals surface area (Å²) in [5.41, 5.74) is 2.11. The van der Waals surface area contributed by atoms with E-state index in [0.29, 0.717) is 0 Å². The summed E-state index contributed by atoms with van der Waals surface area (Å²) < 4.78 is 2.11. The number of carbonyl (C=O) groups is 2. The summed E-state index contributed by atoms with van der Waals surface area (Å²) in [6, 6.07) is 8.11. The van der Waals surface area contributed by atoms with E-state index < -0.39 is 5.91 Å². The molecule has 1 aromatic heterocycles. The minimum absolute atomic E-state index is 0.131. The van der Waals surface area contributed by atoms with Gasteiger partial charge in [0.25, 0.3) is 11.8 Å². The number of fused-ring (bicyclic) bond motifs is 1. The number of amides is 2. The highest BCUT2D eigenvalue weighted by Crippen LogP contribution is 2.31. The van der Waals surface area contributed by atoms with Crippen LogP contribution < -0.4 is 5.32 Å². The first-order chi connectivity index (χ1) is 11.6. The first-order valence-electron chi connectivity index (χ1n) is 8.08. The number of hydrogen-bond acceptors (Lipinski definition) is 3. The van der Waals surface area contributed by atoms with Crippen LogP contribution in [-0.2, 0) is 16.1 Å². The van der Waals surface area contributed by atoms with Gasteiger partial charge in [-0.15, -0.1) is 0 Å². The standard InChI is InChI=1S/C18H17N3O2S/c1-2-20-10-11(13-5-3-4-6-15(13)20)9-14-16(22)19-18(24)21(17(14)23)12-7-8-12/h3-6,9-10,12H,2,7-8H2,1H3,(H,19,22,24)/b14-9-. The topological polar surface area (TPSA) is 54.3 Å². The Morgan fingerprint density at radius 3 is 2.75 bits per heavy atom. The van der Waals surface area contributed by atoms with Crippen molar-refractivity contribution in [3.63, 3.8) is 0 Å². The molecule has 6 heteroatoms. The van der Waals surface area contributed by atoms with Crippen molar-refractivity contribution >= 4 is 46.1 Å². The fourth-order valence-electron chi connectivity index (χ4n) is 3.14. The van der Waals surface area contributed by atoms with Gasteiger partial charge in [0.2, 0.25) is 0 Å². The maximum Gasteiger partial charge on any atom is 0.265 e. The number of benzene rings is 1. The molecule has 1 N–H and O–H groups in total. The maximum atomic E-state index is 12.7. The molecule has 0 bridgehead atoms. The van der Waals surface area contributed by atoms with Gasteiger partial charge in [0, 0.05) is 35.2 Å². The van der Waals surface area contributed by atoms with Crippen LogP contribution >= 0.6 is 12.2 Å². The molecule has 0 radical (unpaired) electrons. The van der Waals surface area contributed by atoms with Crippen LogP contribution in [0.5, 0.6) is 0 Å². The smallest absolute Gasteiger partial charge is 0.265 e. The summed E-state index contributed by atoms with van der Waals surface area (Å²) in [6.07, 6.45) is 5.53. The van der Waals surface area contributed by atoms with Crippen molar-refractivity contribution < 1.29 is 9.59 Å². The van der Waals surface area contributed by atoms with E-state index in [1.54, 1.807) is 11.0 Å². The van der Waals surface area contributed by atoms with Crippen molar-refractivity contribution in [2.45, 2.75) is 32.4 Å². The Hall–Kier alpha value is -2.47. The Labute approximate surface area is 144 Å². The van der Waals surface area contributed by atoms with Crippen LogP contribution in [-0.4, -0.2) is 32.4 Å². The van der Waals surface area contributed by atoms with Gasteiger partial charge in [-0.3, -0.25) is 19.8 Å². The number of aromatic nitrogens is 1. The first kappa shape index (κ1) is 15.1. The van der Waals surface area contributed by atoms with Crippen LogP contribution in [0.15, 0.2) is 36.0 Å². The Morgan fingerprint density at radius 2 is 2.04 bits per heavy atom. The summed E-state index contributed by atoms with van der Waals surface area (Å²) in [4.78, 5) is 26.6. The molecule has 1 aromatic carbocycles. The Balaban J connectivity index is 1.81. The molecule has 2 aliphatic rings. The van der Waals surface area contributed by atoms with E-state index >= 15 is 0 Å². The molecule has 2 amide bonds. The lowest BCUT2D eigenvalue weighted by Crippen LogP contribution is -2.54. The normalized spacial score (nSPS) is 20.1. The van der Waals surface area contributed by atoms with Gasteiger partial charge < -0.3 is 4.57 Å². The molecule has 1 saturated carbocycles. The van der Waals surface area contributed by atoms with Crippen molar-refractivity contribution in [2.24, 2.45) is 0 Å². The van der Waals surface area contributed by atoms with E-state index in [4.69, 9.17) is 12.2 Å². The second kappa shape index (κ2) is 5.56. The van der Waals surface area contributed by atoms with Crippen LogP contribution in [0.4, 0.5) is 0 Å². The predicted molar refractivity (Wildman–Crippen MR) is 96.2 cm³/mol. The molecule has 1 aliphatic carbocycles. The molecule has 0 spiro atoms. The highest BCUT2D eigenvalue weighted by molar-refractivity contribution is 7.80. The molecule has 2 aromatic rings. The second-order valence-corrected chi connectivity index (χ2v) is 6.50. The van der Waals surface area contributed by atoms with Crippen LogP contribution in [0.2, 0.25) is 0 Å². The van der Waals surface area contributed by atoms with Gasteiger partial charge in [-0.1, -0.05) is 18.2 Å². The number of nitrogens with zero attached hydrogens (tertiary/aromatic N) is 2. The molecule has 5 nitrogen and oxygen atoms in total. The first-order valence-corrected chi connectivity index (χ1v) is 8.49. The van der Waals surface area contributed by atoms with Crippen molar-refractivity contribution in [1.29, 1.82) is 0 Å². The van der Waals surface area contributed by atoms with E-state index in [0.717, 1.165) is 35.9 Å². The molecule has 1 saturated heterocycles. The number of hydrogen-bond donors (Lipinski definition) is 1. The zero-order chi connectivity index (χ0) is 16.8. The van der Waals surface area contributed by atoms with Crippen molar-refractivity contribution in [2.75, 3.05) is 0 Å². The summed E-state index contributed by atoms with van der Waals surface area (Å²) in [6.45, 7) is 2.89. The third-order valence-electron chi connectivity index (χ3n) is 4.51. The van der Waals surface area contributed by atoms with Crippen LogP contribution in [0.3, 0.4) is 0 Å². The van der Waals surface area contributed by atoms with Gasteiger partial charge in [-0.2, -0.15) is 0 Å². The summed E-state index contributed by atoms with van der Waals surface area (Å²) >= 11 is 5.16. The molecule has 2 fully saturated rings. The minimum atomic E-state index is -0.421. The van der Waals surface area contributed by atoms with Gasteiger partial charge in [-0.25, -0.2) is 0 Å². The Morgan fingerprint density at radius 1 is 1.29 bits per heavy atom.